The maximum absolute atomic E-state index is 9.68. The van der Waals surface area contributed by atoms with E-state index in [4.69, 9.17) is 16.8 Å². The van der Waals surface area contributed by atoms with Crippen LogP contribution in [0.1, 0.15) is 56.0 Å². The Balaban J connectivity index is 1.88. The molecule has 8 heteroatoms. The molecule has 0 unspecified atom stereocenters. The number of aromatic nitrogens is 6. The predicted octanol–water partition coefficient (Wildman–Crippen LogP) is 4.24. The Morgan fingerprint density at radius 1 is 0.812 bits per heavy atom. The van der Waals surface area contributed by atoms with Crippen LogP contribution in [0.25, 0.3) is 16.2 Å². The van der Waals surface area contributed by atoms with Crippen molar-refractivity contribution >= 4 is 5.69 Å². The number of hydrogen-bond donors (Lipinski definition) is 0. The number of hydrogen-bond acceptors (Lipinski definition) is 5. The third kappa shape index (κ3) is 2.89. The van der Waals surface area contributed by atoms with Crippen LogP contribution in [0.4, 0.5) is 5.69 Å². The molecule has 0 aliphatic carbocycles. The molecule has 4 aromatic rings. The van der Waals surface area contributed by atoms with Gasteiger partial charge in [-0.2, -0.15) is 15.5 Å². The fourth-order valence-corrected chi connectivity index (χ4v) is 3.94. The maximum atomic E-state index is 9.68. The van der Waals surface area contributed by atoms with Crippen molar-refractivity contribution in [1.29, 1.82) is 5.26 Å². The minimum absolute atomic E-state index is 0.493. The van der Waals surface area contributed by atoms with Gasteiger partial charge in [-0.1, -0.05) is 19.9 Å². The Hall–Kier alpha value is -4.30. The molecule has 0 saturated heterocycles. The van der Waals surface area contributed by atoms with Crippen molar-refractivity contribution in [3.8, 4) is 17.4 Å². The molecule has 0 amide bonds. The van der Waals surface area contributed by atoms with Gasteiger partial charge in [0.25, 0.3) is 0 Å². The highest BCUT2D eigenvalue weighted by atomic mass is 15.4. The summed E-state index contributed by atoms with van der Waals surface area (Å²) in [5.41, 5.74) is 3.29. The maximum Gasteiger partial charge on any atom is 0.189 e. The number of nitriles is 1. The fourth-order valence-electron chi connectivity index (χ4n) is 3.94. The molecule has 2 aromatic carbocycles. The van der Waals surface area contributed by atoms with E-state index in [1.807, 2.05) is 38.1 Å². The predicted molar refractivity (Wildman–Crippen MR) is 118 cm³/mol. The minimum Gasteiger partial charge on any atom is -0.238 e. The lowest BCUT2D eigenvalue weighted by Crippen LogP contribution is -2.24. The second-order valence-electron chi connectivity index (χ2n) is 9.01. The van der Waals surface area contributed by atoms with Gasteiger partial charge in [-0.15, -0.1) is 0 Å². The first kappa shape index (κ1) is 19.7. The van der Waals surface area contributed by atoms with E-state index in [0.717, 1.165) is 22.5 Å². The molecule has 0 fully saturated rings. The van der Waals surface area contributed by atoms with Gasteiger partial charge in [0.15, 0.2) is 17.3 Å². The van der Waals surface area contributed by atoms with E-state index in [-0.39, 0.29) is 0 Å². The lowest BCUT2D eigenvalue weighted by molar-refractivity contribution is 0.545. The zero-order valence-electron chi connectivity index (χ0n) is 18.2. The van der Waals surface area contributed by atoms with Crippen LogP contribution in [0.3, 0.4) is 0 Å². The van der Waals surface area contributed by atoms with Gasteiger partial charge in [0.2, 0.25) is 0 Å². The molecule has 8 nitrogen and oxygen atoms in total. The van der Waals surface area contributed by atoms with Crippen molar-refractivity contribution in [2.45, 2.75) is 38.5 Å². The largest absolute Gasteiger partial charge is 0.238 e. The Kier molecular flexibility index (Phi) is 4.05. The summed E-state index contributed by atoms with van der Waals surface area (Å²) in [5, 5.41) is 19.1. The third-order valence-electron chi connectivity index (χ3n) is 6.15. The molecule has 1 aliphatic heterocycles. The second-order valence-corrected chi connectivity index (χ2v) is 9.01. The van der Waals surface area contributed by atoms with Crippen LogP contribution in [0.2, 0.25) is 0 Å². The molecule has 5 rings (SSSR count). The molecular formula is C24H20N8. The molecule has 8 bridgehead atoms. The van der Waals surface area contributed by atoms with Crippen LogP contribution < -0.4 is 0 Å². The summed E-state index contributed by atoms with van der Waals surface area (Å²) in [4.78, 5) is 12.7. The van der Waals surface area contributed by atoms with E-state index in [1.165, 1.54) is 0 Å². The summed E-state index contributed by atoms with van der Waals surface area (Å²) < 4.78 is 3.37. The van der Waals surface area contributed by atoms with Crippen LogP contribution in [-0.2, 0) is 10.8 Å². The molecule has 156 valence electrons. The van der Waals surface area contributed by atoms with Crippen molar-refractivity contribution < 1.29 is 0 Å². The average Bonchev–Trinajstić information content (AvgIpc) is 3.48. The lowest BCUT2D eigenvalue weighted by Gasteiger charge is -2.28. The van der Waals surface area contributed by atoms with Crippen molar-refractivity contribution in [3.63, 3.8) is 0 Å². The zero-order chi connectivity index (χ0) is 22.7. The number of benzene rings is 2. The van der Waals surface area contributed by atoms with Crippen molar-refractivity contribution in [2.24, 2.45) is 0 Å². The van der Waals surface area contributed by atoms with Gasteiger partial charge in [0, 0.05) is 5.41 Å². The zero-order valence-corrected chi connectivity index (χ0v) is 18.2. The normalized spacial score (nSPS) is 15.3. The smallest absolute Gasteiger partial charge is 0.189 e. The molecule has 0 spiro atoms. The van der Waals surface area contributed by atoms with Gasteiger partial charge in [0.05, 0.1) is 35.0 Å². The van der Waals surface area contributed by atoms with Crippen LogP contribution >= 0.6 is 0 Å². The highest BCUT2D eigenvalue weighted by molar-refractivity contribution is 5.59. The highest BCUT2D eigenvalue weighted by Crippen LogP contribution is 2.37. The number of fused-ring (bicyclic) bond motifs is 10. The van der Waals surface area contributed by atoms with Gasteiger partial charge < -0.3 is 0 Å². The molecule has 32 heavy (non-hydrogen) atoms. The van der Waals surface area contributed by atoms with Crippen molar-refractivity contribution in [3.05, 3.63) is 88.8 Å². The molecule has 2 aromatic heterocycles. The summed E-state index contributed by atoms with van der Waals surface area (Å²) in [6, 6.07) is 13.7. The Morgan fingerprint density at radius 3 is 1.94 bits per heavy atom. The summed E-state index contributed by atoms with van der Waals surface area (Å²) in [6.07, 6.45) is 3.31. The average molecular weight is 420 g/mol. The third-order valence-corrected chi connectivity index (χ3v) is 6.15. The first-order valence-electron chi connectivity index (χ1n) is 10.2. The molecule has 0 saturated carbocycles. The second kappa shape index (κ2) is 6.60. The fraction of sp³-hybridized carbons (Fsp3) is 0.250. The number of rotatable bonds is 0. The minimum atomic E-state index is -0.643. The Labute approximate surface area is 185 Å². The summed E-state index contributed by atoms with van der Waals surface area (Å²) >= 11 is 0. The highest BCUT2D eigenvalue weighted by Gasteiger charge is 2.33. The van der Waals surface area contributed by atoms with E-state index < -0.39 is 10.8 Å². The summed E-state index contributed by atoms with van der Waals surface area (Å²) in [6.45, 7) is 15.7. The van der Waals surface area contributed by atoms with Crippen LogP contribution in [0.15, 0.2) is 49.1 Å². The summed E-state index contributed by atoms with van der Waals surface area (Å²) in [5.74, 6) is 1.15. The van der Waals surface area contributed by atoms with Gasteiger partial charge in [-0.25, -0.2) is 24.2 Å². The van der Waals surface area contributed by atoms with E-state index in [1.54, 1.807) is 34.2 Å². The lowest BCUT2D eigenvalue weighted by atomic mass is 9.77. The van der Waals surface area contributed by atoms with Gasteiger partial charge in [0.1, 0.15) is 12.7 Å². The van der Waals surface area contributed by atoms with Gasteiger partial charge >= 0.3 is 0 Å². The molecule has 1 aliphatic rings. The van der Waals surface area contributed by atoms with Gasteiger partial charge in [-0.05, 0) is 55.3 Å². The molecular weight excluding hydrogens is 400 g/mol. The van der Waals surface area contributed by atoms with Crippen molar-refractivity contribution in [2.75, 3.05) is 0 Å². The van der Waals surface area contributed by atoms with E-state index in [0.29, 0.717) is 22.9 Å². The first-order chi connectivity index (χ1) is 15.2. The molecule has 0 radical (unpaired) electrons. The monoisotopic (exact) mass is 420 g/mol. The van der Waals surface area contributed by atoms with E-state index in [2.05, 4.69) is 34.7 Å². The van der Waals surface area contributed by atoms with Gasteiger partial charge in [-0.3, -0.25) is 0 Å². The summed E-state index contributed by atoms with van der Waals surface area (Å²) in [7, 11) is 0. The Morgan fingerprint density at radius 2 is 1.38 bits per heavy atom. The van der Waals surface area contributed by atoms with Crippen LogP contribution in [0, 0.1) is 17.9 Å². The molecule has 0 N–H and O–H groups in total. The Bertz CT molecular complexity index is 1350. The first-order valence-corrected chi connectivity index (χ1v) is 10.2. The topological polar surface area (TPSA) is 89.6 Å². The quantitative estimate of drug-likeness (QED) is 0.397. The molecule has 0 atom stereocenters. The van der Waals surface area contributed by atoms with Crippen molar-refractivity contribution in [1.82, 2.24) is 29.5 Å². The van der Waals surface area contributed by atoms with E-state index >= 15 is 0 Å². The SMILES string of the molecule is [C-]#[N+]c1cc2cc(c1)C(C)(C)c1cc(C#N)cc(c1)-n1cnc(n1)C(C)(C)c1ncn-2n1. The van der Waals surface area contributed by atoms with Crippen LogP contribution in [-0.4, -0.2) is 29.5 Å². The standard InChI is InChI=1S/C24H20N8/c1-23(2)16-6-15(12-25)7-19(9-16)31-13-27-21(29-31)24(3,4)22-28-14-32(30-22)20-10-17(23)8-18(11-20)26-5/h6-11,13-14H,1-4H3. The molecule has 3 heterocycles. The number of nitrogens with zero attached hydrogens (tertiary/aromatic N) is 8. The van der Waals surface area contributed by atoms with E-state index in [9.17, 15) is 5.26 Å². The van der Waals surface area contributed by atoms with Crippen LogP contribution in [0.5, 0.6) is 0 Å².